The summed E-state index contributed by atoms with van der Waals surface area (Å²) in [6, 6.07) is 1.95. The van der Waals surface area contributed by atoms with Crippen LogP contribution in [0.2, 0.25) is 0 Å². The van der Waals surface area contributed by atoms with Gasteiger partial charge in [-0.05, 0) is 28.7 Å². The molecule has 1 atom stereocenters. The molecule has 0 spiro atoms. The molecule has 0 amide bonds. The lowest BCUT2D eigenvalue weighted by molar-refractivity contribution is 0.716. The lowest BCUT2D eigenvalue weighted by Crippen LogP contribution is -2.20. The smallest absolute Gasteiger partial charge is 0.0572 e. The van der Waals surface area contributed by atoms with Crippen molar-refractivity contribution in [1.29, 1.82) is 0 Å². The van der Waals surface area contributed by atoms with Crippen LogP contribution in [0.4, 0.5) is 0 Å². The molecule has 1 unspecified atom stereocenters. The highest BCUT2D eigenvalue weighted by Crippen LogP contribution is 2.10. The van der Waals surface area contributed by atoms with Gasteiger partial charge in [-0.15, -0.1) is 0 Å². The predicted octanol–water partition coefficient (Wildman–Crippen LogP) is 0.578. The van der Waals surface area contributed by atoms with Crippen LogP contribution in [0.25, 0.3) is 0 Å². The zero-order valence-corrected chi connectivity index (χ0v) is 7.63. The Bertz CT molecular complexity index is 209. The quantitative estimate of drug-likeness (QED) is 0.673. The molecule has 1 rings (SSSR count). The highest BCUT2D eigenvalue weighted by atomic mass is 127. The van der Waals surface area contributed by atoms with E-state index < -0.39 is 0 Å². The second-order valence-corrected chi connectivity index (χ2v) is 3.36. The summed E-state index contributed by atoms with van der Waals surface area (Å²) < 4.78 is 1.16. The van der Waals surface area contributed by atoms with Gasteiger partial charge in [-0.2, -0.15) is 0 Å². The monoisotopic (exact) mass is 251 g/mol. The van der Waals surface area contributed by atoms with E-state index in [4.69, 9.17) is 11.5 Å². The number of rotatable bonds is 2. The molecule has 0 aromatic carbocycles. The van der Waals surface area contributed by atoms with Gasteiger partial charge in [-0.1, -0.05) is 0 Å². The molecule has 1 aromatic rings. The van der Waals surface area contributed by atoms with E-state index in [9.17, 15) is 0 Å². The van der Waals surface area contributed by atoms with Crippen molar-refractivity contribution in [3.63, 3.8) is 0 Å². The van der Waals surface area contributed by atoms with Crippen LogP contribution < -0.4 is 11.5 Å². The first kappa shape index (κ1) is 8.03. The lowest BCUT2D eigenvalue weighted by atomic mass is 10.2. The number of halogens is 1. The summed E-state index contributed by atoms with van der Waals surface area (Å²) in [5, 5.41) is 0. The van der Waals surface area contributed by atoms with Crippen molar-refractivity contribution in [2.45, 2.75) is 6.04 Å². The minimum atomic E-state index is -0.0523. The zero-order valence-electron chi connectivity index (χ0n) is 5.47. The lowest BCUT2D eigenvalue weighted by Gasteiger charge is -2.03. The van der Waals surface area contributed by atoms with Crippen molar-refractivity contribution < 1.29 is 0 Å². The summed E-state index contributed by atoms with van der Waals surface area (Å²) >= 11 is 2.22. The maximum absolute atomic E-state index is 5.65. The van der Waals surface area contributed by atoms with Crippen molar-refractivity contribution in [2.75, 3.05) is 6.54 Å². The first-order chi connectivity index (χ1) is 4.74. The van der Waals surface area contributed by atoms with Gasteiger partial charge < -0.3 is 16.5 Å². The Morgan fingerprint density at radius 1 is 1.70 bits per heavy atom. The number of H-pyrrole nitrogens is 1. The van der Waals surface area contributed by atoms with Crippen LogP contribution in [0.15, 0.2) is 12.3 Å². The summed E-state index contributed by atoms with van der Waals surface area (Å²) in [4.78, 5) is 3.04. The third kappa shape index (κ3) is 1.71. The summed E-state index contributed by atoms with van der Waals surface area (Å²) in [7, 11) is 0. The Balaban J connectivity index is 2.74. The Kier molecular flexibility index (Phi) is 2.70. The first-order valence-electron chi connectivity index (χ1n) is 3.03. The molecular weight excluding hydrogens is 241 g/mol. The fourth-order valence-electron chi connectivity index (χ4n) is 0.725. The number of hydrogen-bond donors (Lipinski definition) is 3. The minimum Gasteiger partial charge on any atom is -0.363 e. The standard InChI is InChI=1S/C6H10IN3/c7-4-1-6(10-3-4)5(9)2-8/h1,3,5,10H,2,8-9H2. The molecule has 0 fully saturated rings. The van der Waals surface area contributed by atoms with Gasteiger partial charge in [-0.3, -0.25) is 0 Å². The van der Waals surface area contributed by atoms with Crippen molar-refractivity contribution >= 4 is 22.6 Å². The summed E-state index contributed by atoms with van der Waals surface area (Å²) in [5.74, 6) is 0. The Morgan fingerprint density at radius 2 is 2.40 bits per heavy atom. The van der Waals surface area contributed by atoms with Crippen LogP contribution in [0.3, 0.4) is 0 Å². The van der Waals surface area contributed by atoms with Crippen LogP contribution in [-0.4, -0.2) is 11.5 Å². The zero-order chi connectivity index (χ0) is 7.56. The number of aromatic nitrogens is 1. The molecule has 1 aromatic heterocycles. The molecule has 3 nitrogen and oxygen atoms in total. The number of nitrogens with one attached hydrogen (secondary N) is 1. The molecule has 0 bridgehead atoms. The van der Waals surface area contributed by atoms with E-state index in [1.54, 1.807) is 0 Å². The van der Waals surface area contributed by atoms with E-state index in [2.05, 4.69) is 27.6 Å². The maximum atomic E-state index is 5.65. The van der Waals surface area contributed by atoms with Gasteiger partial charge in [-0.25, -0.2) is 0 Å². The van der Waals surface area contributed by atoms with E-state index in [0.717, 1.165) is 9.26 Å². The molecule has 0 radical (unpaired) electrons. The topological polar surface area (TPSA) is 67.8 Å². The van der Waals surface area contributed by atoms with Crippen LogP contribution in [0.1, 0.15) is 11.7 Å². The van der Waals surface area contributed by atoms with Gasteiger partial charge in [0.25, 0.3) is 0 Å². The summed E-state index contributed by atoms with van der Waals surface area (Å²) in [5.41, 5.74) is 12.0. The molecule has 0 aliphatic rings. The van der Waals surface area contributed by atoms with E-state index in [1.807, 2.05) is 12.3 Å². The molecule has 0 saturated carbocycles. The number of aromatic amines is 1. The van der Waals surface area contributed by atoms with Crippen molar-refractivity contribution in [3.8, 4) is 0 Å². The normalized spacial score (nSPS) is 13.5. The largest absolute Gasteiger partial charge is 0.363 e. The van der Waals surface area contributed by atoms with Crippen molar-refractivity contribution in [2.24, 2.45) is 11.5 Å². The highest BCUT2D eigenvalue weighted by Gasteiger charge is 2.03. The first-order valence-corrected chi connectivity index (χ1v) is 4.11. The summed E-state index contributed by atoms with van der Waals surface area (Å²) in [6.07, 6.45) is 1.91. The molecule has 4 heteroatoms. The molecule has 56 valence electrons. The fourth-order valence-corrected chi connectivity index (χ4v) is 1.22. The summed E-state index contributed by atoms with van der Waals surface area (Å²) in [6.45, 7) is 0.483. The molecule has 10 heavy (non-hydrogen) atoms. The van der Waals surface area contributed by atoms with Crippen LogP contribution in [-0.2, 0) is 0 Å². The predicted molar refractivity (Wildman–Crippen MR) is 49.5 cm³/mol. The second-order valence-electron chi connectivity index (χ2n) is 2.12. The Labute approximate surface area is 73.3 Å². The molecule has 0 aliphatic carbocycles. The van der Waals surface area contributed by atoms with Crippen molar-refractivity contribution in [1.82, 2.24) is 4.98 Å². The molecule has 0 aliphatic heterocycles. The fraction of sp³-hybridized carbons (Fsp3) is 0.333. The second kappa shape index (κ2) is 3.36. The van der Waals surface area contributed by atoms with Crippen molar-refractivity contribution in [3.05, 3.63) is 21.5 Å². The molecule has 0 saturated heterocycles. The third-order valence-corrected chi connectivity index (χ3v) is 1.95. The molecule has 1 heterocycles. The van der Waals surface area contributed by atoms with E-state index >= 15 is 0 Å². The van der Waals surface area contributed by atoms with Gasteiger partial charge in [0.2, 0.25) is 0 Å². The van der Waals surface area contributed by atoms with Gasteiger partial charge >= 0.3 is 0 Å². The SMILES string of the molecule is NCC(N)c1cc(I)c[nH]1. The average molecular weight is 251 g/mol. The average Bonchev–Trinajstić information content (AvgIpc) is 2.34. The minimum absolute atomic E-state index is 0.0523. The van der Waals surface area contributed by atoms with Gasteiger partial charge in [0, 0.05) is 22.0 Å². The molecule has 5 N–H and O–H groups in total. The van der Waals surface area contributed by atoms with E-state index in [-0.39, 0.29) is 6.04 Å². The number of nitrogens with two attached hydrogens (primary N) is 2. The van der Waals surface area contributed by atoms with Crippen LogP contribution >= 0.6 is 22.6 Å². The highest BCUT2D eigenvalue weighted by molar-refractivity contribution is 14.1. The van der Waals surface area contributed by atoms with Crippen LogP contribution in [0.5, 0.6) is 0 Å². The Hall–Kier alpha value is -0.0700. The van der Waals surface area contributed by atoms with Gasteiger partial charge in [0.05, 0.1) is 6.04 Å². The van der Waals surface area contributed by atoms with Crippen LogP contribution in [0, 0.1) is 3.57 Å². The van der Waals surface area contributed by atoms with E-state index in [1.165, 1.54) is 0 Å². The number of hydrogen-bond acceptors (Lipinski definition) is 2. The van der Waals surface area contributed by atoms with E-state index in [0.29, 0.717) is 6.54 Å². The third-order valence-electron chi connectivity index (χ3n) is 1.32. The molecular formula is C6H10IN3. The Morgan fingerprint density at radius 3 is 2.80 bits per heavy atom. The van der Waals surface area contributed by atoms with Gasteiger partial charge in [0.15, 0.2) is 0 Å². The maximum Gasteiger partial charge on any atom is 0.0572 e. The van der Waals surface area contributed by atoms with Gasteiger partial charge in [0.1, 0.15) is 0 Å².